The van der Waals surface area contributed by atoms with E-state index in [1.54, 1.807) is 41.8 Å². The predicted octanol–water partition coefficient (Wildman–Crippen LogP) is 3.75. The Balaban J connectivity index is 1.47. The molecule has 138 valence electrons. The van der Waals surface area contributed by atoms with E-state index in [1.807, 2.05) is 17.0 Å². The summed E-state index contributed by atoms with van der Waals surface area (Å²) in [5.41, 5.74) is 3.45. The largest absolute Gasteiger partial charge is 0.334 e. The van der Waals surface area contributed by atoms with Crippen molar-refractivity contribution in [3.8, 4) is 0 Å². The van der Waals surface area contributed by atoms with Gasteiger partial charge in [0.15, 0.2) is 0 Å². The highest BCUT2D eigenvalue weighted by Crippen LogP contribution is 2.23. The number of rotatable bonds is 4. The molecule has 0 atom stereocenters. The molecule has 0 spiro atoms. The van der Waals surface area contributed by atoms with E-state index >= 15 is 0 Å². The molecule has 27 heavy (non-hydrogen) atoms. The fourth-order valence-corrected chi connectivity index (χ4v) is 5.21. The van der Waals surface area contributed by atoms with Crippen LogP contribution in [0.5, 0.6) is 0 Å². The Morgan fingerprint density at radius 2 is 1.70 bits per heavy atom. The van der Waals surface area contributed by atoms with Gasteiger partial charge in [-0.2, -0.15) is 0 Å². The first kappa shape index (κ1) is 17.8. The van der Waals surface area contributed by atoms with Gasteiger partial charge in [-0.05, 0) is 53.3 Å². The van der Waals surface area contributed by atoms with Crippen molar-refractivity contribution in [1.29, 1.82) is 0 Å². The first-order chi connectivity index (χ1) is 13.0. The summed E-state index contributed by atoms with van der Waals surface area (Å²) >= 11 is 1.16. The van der Waals surface area contributed by atoms with Crippen molar-refractivity contribution in [2.45, 2.75) is 17.2 Å². The number of hydrogen-bond donors (Lipinski definition) is 1. The lowest BCUT2D eigenvalue weighted by Crippen LogP contribution is -2.35. The minimum absolute atomic E-state index is 0.0443. The normalized spacial score (nSPS) is 13.9. The standard InChI is InChI=1S/C20H18N2O3S2/c23-20(22-12-11-15-4-1-2-5-17(15)14-22)16-7-9-18(10-8-16)21-27(24,25)19-6-3-13-26-19/h1-10,13,21H,11-12,14H2. The number of fused-ring (bicyclic) bond motifs is 1. The fraction of sp³-hybridized carbons (Fsp3) is 0.150. The van der Waals surface area contributed by atoms with Crippen LogP contribution < -0.4 is 4.72 Å². The van der Waals surface area contributed by atoms with E-state index in [0.717, 1.165) is 17.8 Å². The molecule has 0 aliphatic carbocycles. The molecule has 2 heterocycles. The lowest BCUT2D eigenvalue weighted by atomic mass is 9.99. The number of hydrogen-bond acceptors (Lipinski definition) is 4. The highest BCUT2D eigenvalue weighted by molar-refractivity contribution is 7.94. The number of benzene rings is 2. The summed E-state index contributed by atoms with van der Waals surface area (Å²) in [7, 11) is -3.58. The number of sulfonamides is 1. The third kappa shape index (κ3) is 3.74. The highest BCUT2D eigenvalue weighted by atomic mass is 32.2. The minimum Gasteiger partial charge on any atom is -0.334 e. The monoisotopic (exact) mass is 398 g/mol. The average molecular weight is 399 g/mol. The first-order valence-electron chi connectivity index (χ1n) is 8.55. The molecule has 5 nitrogen and oxygen atoms in total. The third-order valence-corrected chi connectivity index (χ3v) is 7.34. The Kier molecular flexibility index (Phi) is 4.72. The van der Waals surface area contributed by atoms with Crippen LogP contribution in [0.15, 0.2) is 70.3 Å². The number of thiophene rings is 1. The number of nitrogens with one attached hydrogen (secondary N) is 1. The Hall–Kier alpha value is -2.64. The van der Waals surface area contributed by atoms with E-state index in [4.69, 9.17) is 0 Å². The Labute approximate surface area is 162 Å². The summed E-state index contributed by atoms with van der Waals surface area (Å²) in [4.78, 5) is 14.6. The third-order valence-electron chi connectivity index (χ3n) is 4.56. The van der Waals surface area contributed by atoms with Gasteiger partial charge in [0.05, 0.1) is 0 Å². The summed E-state index contributed by atoms with van der Waals surface area (Å²) in [6, 6.07) is 18.0. The van der Waals surface area contributed by atoms with Crippen LogP contribution in [0.1, 0.15) is 21.5 Å². The zero-order valence-corrected chi connectivity index (χ0v) is 16.1. The molecule has 0 saturated heterocycles. The number of carbonyl (C=O) groups excluding carboxylic acids is 1. The molecule has 2 aromatic carbocycles. The van der Waals surface area contributed by atoms with Crippen LogP contribution in [-0.2, 0) is 23.0 Å². The van der Waals surface area contributed by atoms with Gasteiger partial charge >= 0.3 is 0 Å². The van der Waals surface area contributed by atoms with Crippen molar-refractivity contribution in [3.63, 3.8) is 0 Å². The van der Waals surface area contributed by atoms with Crippen LogP contribution in [0.4, 0.5) is 5.69 Å². The van der Waals surface area contributed by atoms with Crippen LogP contribution in [0.2, 0.25) is 0 Å². The molecular formula is C20H18N2O3S2. The van der Waals surface area contributed by atoms with Crippen LogP contribution in [0, 0.1) is 0 Å². The number of carbonyl (C=O) groups is 1. The van der Waals surface area contributed by atoms with E-state index in [9.17, 15) is 13.2 Å². The maximum atomic E-state index is 12.8. The lowest BCUT2D eigenvalue weighted by molar-refractivity contribution is 0.0734. The predicted molar refractivity (Wildman–Crippen MR) is 106 cm³/mol. The molecule has 1 N–H and O–H groups in total. The summed E-state index contributed by atoms with van der Waals surface area (Å²) in [6.45, 7) is 1.28. The van der Waals surface area contributed by atoms with Gasteiger partial charge in [0.1, 0.15) is 4.21 Å². The number of anilines is 1. The van der Waals surface area contributed by atoms with Crippen molar-refractivity contribution >= 4 is 33.0 Å². The van der Waals surface area contributed by atoms with Crippen LogP contribution in [-0.4, -0.2) is 25.8 Å². The molecule has 1 aromatic heterocycles. The molecule has 0 radical (unpaired) electrons. The summed E-state index contributed by atoms with van der Waals surface area (Å²) in [5, 5.41) is 1.72. The highest BCUT2D eigenvalue weighted by Gasteiger charge is 2.22. The Bertz CT molecular complexity index is 1060. The second-order valence-electron chi connectivity index (χ2n) is 6.36. The summed E-state index contributed by atoms with van der Waals surface area (Å²) < 4.78 is 27.3. The van der Waals surface area contributed by atoms with E-state index < -0.39 is 10.0 Å². The maximum Gasteiger partial charge on any atom is 0.271 e. The zero-order chi connectivity index (χ0) is 18.9. The molecule has 0 fully saturated rings. The maximum absolute atomic E-state index is 12.8. The molecular weight excluding hydrogens is 380 g/mol. The van der Waals surface area contributed by atoms with Gasteiger partial charge in [0.25, 0.3) is 15.9 Å². The molecule has 7 heteroatoms. The van der Waals surface area contributed by atoms with Gasteiger partial charge in [0, 0.05) is 24.3 Å². The topological polar surface area (TPSA) is 66.5 Å². The Morgan fingerprint density at radius 3 is 2.41 bits per heavy atom. The zero-order valence-electron chi connectivity index (χ0n) is 14.5. The first-order valence-corrected chi connectivity index (χ1v) is 10.9. The van der Waals surface area contributed by atoms with E-state index in [-0.39, 0.29) is 10.1 Å². The Morgan fingerprint density at radius 1 is 0.963 bits per heavy atom. The second kappa shape index (κ2) is 7.17. The van der Waals surface area contributed by atoms with Crippen molar-refractivity contribution in [2.75, 3.05) is 11.3 Å². The van der Waals surface area contributed by atoms with E-state index in [2.05, 4.69) is 16.9 Å². The van der Waals surface area contributed by atoms with E-state index in [0.29, 0.717) is 24.3 Å². The van der Waals surface area contributed by atoms with Gasteiger partial charge in [0.2, 0.25) is 0 Å². The number of amides is 1. The number of nitrogens with zero attached hydrogens (tertiary/aromatic N) is 1. The van der Waals surface area contributed by atoms with Crippen molar-refractivity contribution in [3.05, 3.63) is 82.7 Å². The molecule has 3 aromatic rings. The van der Waals surface area contributed by atoms with Gasteiger partial charge in [-0.15, -0.1) is 11.3 Å². The van der Waals surface area contributed by atoms with E-state index in [1.165, 1.54) is 11.1 Å². The molecule has 1 aliphatic heterocycles. The lowest BCUT2D eigenvalue weighted by Gasteiger charge is -2.29. The van der Waals surface area contributed by atoms with Crippen LogP contribution in [0.25, 0.3) is 0 Å². The fourth-order valence-electron chi connectivity index (χ4n) is 3.15. The smallest absolute Gasteiger partial charge is 0.271 e. The molecule has 1 aliphatic rings. The molecule has 0 unspecified atom stereocenters. The van der Waals surface area contributed by atoms with Crippen molar-refractivity contribution in [2.24, 2.45) is 0 Å². The molecule has 1 amide bonds. The van der Waals surface area contributed by atoms with Crippen molar-refractivity contribution in [1.82, 2.24) is 4.90 Å². The molecule has 0 bridgehead atoms. The molecule has 4 rings (SSSR count). The SMILES string of the molecule is O=C(c1ccc(NS(=O)(=O)c2cccs2)cc1)N1CCc2ccccc2C1. The minimum atomic E-state index is -3.58. The van der Waals surface area contributed by atoms with Gasteiger partial charge in [-0.25, -0.2) is 8.42 Å². The second-order valence-corrected chi connectivity index (χ2v) is 9.22. The van der Waals surface area contributed by atoms with Crippen LogP contribution in [0.3, 0.4) is 0 Å². The summed E-state index contributed by atoms with van der Waals surface area (Å²) in [6.07, 6.45) is 0.848. The summed E-state index contributed by atoms with van der Waals surface area (Å²) in [5.74, 6) is -0.0443. The van der Waals surface area contributed by atoms with Gasteiger partial charge in [-0.3, -0.25) is 9.52 Å². The molecule has 0 saturated carbocycles. The van der Waals surface area contributed by atoms with Crippen LogP contribution >= 0.6 is 11.3 Å². The van der Waals surface area contributed by atoms with Gasteiger partial charge in [-0.1, -0.05) is 30.3 Å². The van der Waals surface area contributed by atoms with Crippen molar-refractivity contribution < 1.29 is 13.2 Å². The quantitative estimate of drug-likeness (QED) is 0.728. The average Bonchev–Trinajstić information content (AvgIpc) is 3.23. The van der Waals surface area contributed by atoms with Gasteiger partial charge < -0.3 is 4.90 Å².